The van der Waals surface area contributed by atoms with Gasteiger partial charge in [0.25, 0.3) is 0 Å². The summed E-state index contributed by atoms with van der Waals surface area (Å²) in [6.07, 6.45) is 1.80. The van der Waals surface area contributed by atoms with Gasteiger partial charge in [-0.05, 0) is 38.1 Å². The van der Waals surface area contributed by atoms with Crippen molar-refractivity contribution in [3.63, 3.8) is 0 Å². The second-order valence-electron chi connectivity index (χ2n) is 6.60. The molecule has 1 N–H and O–H groups in total. The van der Waals surface area contributed by atoms with Crippen LogP contribution in [0.1, 0.15) is 23.3 Å². The molecule has 25 heavy (non-hydrogen) atoms. The molecule has 1 atom stereocenters. The molecule has 0 aliphatic carbocycles. The van der Waals surface area contributed by atoms with Gasteiger partial charge in [-0.25, -0.2) is 4.79 Å². The number of furan rings is 1. The fourth-order valence-corrected chi connectivity index (χ4v) is 3.74. The fraction of sp³-hybridized carbons (Fsp3) is 0.421. The first-order valence-electron chi connectivity index (χ1n) is 8.67. The maximum absolute atomic E-state index is 12.2. The number of hydrogen-bond acceptors (Lipinski definition) is 5. The maximum atomic E-state index is 12.2. The van der Waals surface area contributed by atoms with Gasteiger partial charge in [-0.15, -0.1) is 0 Å². The topological polar surface area (TPSA) is 67.8 Å². The highest BCUT2D eigenvalue weighted by Crippen LogP contribution is 2.32. The van der Waals surface area contributed by atoms with Crippen molar-refractivity contribution in [2.75, 3.05) is 26.7 Å². The second-order valence-corrected chi connectivity index (χ2v) is 6.60. The van der Waals surface area contributed by atoms with Crippen LogP contribution >= 0.6 is 0 Å². The Morgan fingerprint density at radius 3 is 2.76 bits per heavy atom. The zero-order valence-electron chi connectivity index (χ0n) is 14.3. The number of rotatable bonds is 5. The molecule has 1 saturated heterocycles. The van der Waals surface area contributed by atoms with Crippen LogP contribution < -0.4 is 0 Å². The summed E-state index contributed by atoms with van der Waals surface area (Å²) >= 11 is 0. The van der Waals surface area contributed by atoms with E-state index in [2.05, 4.69) is 4.90 Å². The van der Waals surface area contributed by atoms with Crippen LogP contribution in [0.4, 0.5) is 0 Å². The van der Waals surface area contributed by atoms with Gasteiger partial charge in [-0.2, -0.15) is 0 Å². The summed E-state index contributed by atoms with van der Waals surface area (Å²) in [5, 5.41) is 11.5. The lowest BCUT2D eigenvalue weighted by Crippen LogP contribution is -2.33. The third kappa shape index (κ3) is 2.92. The largest absolute Gasteiger partial charge is 0.464 e. The van der Waals surface area contributed by atoms with Crippen molar-refractivity contribution in [3.05, 3.63) is 36.0 Å². The molecule has 3 aromatic rings. The van der Waals surface area contributed by atoms with Crippen molar-refractivity contribution in [2.45, 2.75) is 25.5 Å². The molecule has 0 amide bonds. The van der Waals surface area contributed by atoms with E-state index in [4.69, 9.17) is 9.15 Å². The molecule has 1 fully saturated rings. The third-order valence-corrected chi connectivity index (χ3v) is 4.88. The van der Waals surface area contributed by atoms with Crippen LogP contribution in [0.3, 0.4) is 0 Å². The maximum Gasteiger partial charge on any atom is 0.354 e. The standard InChI is InChI=1S/C19H22N2O4/c1-24-19(23)15-10-17-18(14-6-2-3-7-16(14)25-17)21(15)12-13(22)11-20-8-4-5-9-20/h2-3,6-7,10,13,22H,4-5,8-9,11-12H2,1H3/t13-/m1/s1. The van der Waals surface area contributed by atoms with E-state index >= 15 is 0 Å². The van der Waals surface area contributed by atoms with Crippen molar-refractivity contribution in [2.24, 2.45) is 0 Å². The lowest BCUT2D eigenvalue weighted by molar-refractivity contribution is 0.0581. The Hall–Kier alpha value is -2.31. The second kappa shape index (κ2) is 6.54. The van der Waals surface area contributed by atoms with Crippen molar-refractivity contribution < 1.29 is 19.1 Å². The fourth-order valence-electron chi connectivity index (χ4n) is 3.74. The summed E-state index contributed by atoms with van der Waals surface area (Å²) in [5.41, 5.74) is 2.64. The number of methoxy groups -OCH3 is 1. The highest BCUT2D eigenvalue weighted by atomic mass is 16.5. The molecule has 0 spiro atoms. The normalized spacial score (nSPS) is 16.7. The van der Waals surface area contributed by atoms with Gasteiger partial charge in [-0.3, -0.25) is 0 Å². The number of aliphatic hydroxyl groups excluding tert-OH is 1. The lowest BCUT2D eigenvalue weighted by atomic mass is 10.2. The SMILES string of the molecule is COC(=O)c1cc2oc3ccccc3c2n1C[C@H](O)CN1CCCC1. The first-order valence-corrected chi connectivity index (χ1v) is 8.67. The summed E-state index contributed by atoms with van der Waals surface area (Å²) in [6.45, 7) is 2.98. The molecule has 6 nitrogen and oxygen atoms in total. The van der Waals surface area contributed by atoms with Gasteiger partial charge in [0.15, 0.2) is 5.58 Å². The summed E-state index contributed by atoms with van der Waals surface area (Å²) in [4.78, 5) is 14.4. The van der Waals surface area contributed by atoms with Crippen molar-refractivity contribution in [3.8, 4) is 0 Å². The number of aliphatic hydroxyl groups is 1. The average Bonchev–Trinajstić information content (AvgIpc) is 3.30. The van der Waals surface area contributed by atoms with E-state index in [9.17, 15) is 9.90 Å². The third-order valence-electron chi connectivity index (χ3n) is 4.88. The zero-order valence-corrected chi connectivity index (χ0v) is 14.3. The van der Waals surface area contributed by atoms with Crippen LogP contribution in [0.15, 0.2) is 34.7 Å². The molecular weight excluding hydrogens is 320 g/mol. The first-order chi connectivity index (χ1) is 12.2. The molecule has 1 aromatic carbocycles. The van der Waals surface area contributed by atoms with Crippen LogP contribution in [0.5, 0.6) is 0 Å². The number of nitrogens with zero attached hydrogens (tertiary/aromatic N) is 2. The summed E-state index contributed by atoms with van der Waals surface area (Å²) in [5.74, 6) is -0.427. The number of carbonyl (C=O) groups is 1. The van der Waals surface area contributed by atoms with E-state index < -0.39 is 12.1 Å². The molecule has 2 aromatic heterocycles. The quantitative estimate of drug-likeness (QED) is 0.722. The Balaban J connectivity index is 1.74. The minimum absolute atomic E-state index is 0.327. The monoisotopic (exact) mass is 342 g/mol. The van der Waals surface area contributed by atoms with Crippen LogP contribution in [-0.2, 0) is 11.3 Å². The molecule has 132 valence electrons. The number of β-amino-alcohol motifs (C(OH)–C–C–N with tert-alkyl or cyclic N) is 1. The van der Waals surface area contributed by atoms with E-state index in [0.29, 0.717) is 24.4 Å². The van der Waals surface area contributed by atoms with E-state index in [1.165, 1.54) is 20.0 Å². The molecule has 3 heterocycles. The minimum Gasteiger partial charge on any atom is -0.464 e. The molecule has 6 heteroatoms. The summed E-state index contributed by atoms with van der Waals surface area (Å²) < 4.78 is 12.6. The van der Waals surface area contributed by atoms with Gasteiger partial charge in [0.05, 0.1) is 25.3 Å². The number of benzene rings is 1. The predicted octanol–water partition coefficient (Wildman–Crippen LogP) is 2.63. The van der Waals surface area contributed by atoms with Crippen molar-refractivity contribution in [1.82, 2.24) is 9.47 Å². The number of likely N-dealkylation sites (tertiary alicyclic amines) is 1. The van der Waals surface area contributed by atoms with Crippen LogP contribution in [0.2, 0.25) is 0 Å². The first kappa shape index (κ1) is 16.2. The number of ether oxygens (including phenoxy) is 1. The summed E-state index contributed by atoms with van der Waals surface area (Å²) in [7, 11) is 1.36. The Bertz CT molecular complexity index is 905. The number of para-hydroxylation sites is 1. The van der Waals surface area contributed by atoms with E-state index in [1.54, 1.807) is 6.07 Å². The highest BCUT2D eigenvalue weighted by molar-refractivity contribution is 6.06. The van der Waals surface area contributed by atoms with Gasteiger partial charge in [-0.1, -0.05) is 12.1 Å². The minimum atomic E-state index is -0.564. The van der Waals surface area contributed by atoms with Crippen LogP contribution in [-0.4, -0.2) is 53.4 Å². The van der Waals surface area contributed by atoms with Crippen LogP contribution in [0.25, 0.3) is 22.1 Å². The number of carbonyl (C=O) groups excluding carboxylic acids is 1. The number of aromatic nitrogens is 1. The van der Waals surface area contributed by atoms with Gasteiger partial charge in [0.1, 0.15) is 11.3 Å². The van der Waals surface area contributed by atoms with E-state index in [-0.39, 0.29) is 0 Å². The molecular formula is C19H22N2O4. The van der Waals surface area contributed by atoms with Gasteiger partial charge in [0, 0.05) is 18.0 Å². The molecule has 0 saturated carbocycles. The molecule has 4 rings (SSSR count). The number of esters is 1. The molecule has 1 aliphatic rings. The van der Waals surface area contributed by atoms with E-state index in [1.807, 2.05) is 28.8 Å². The predicted molar refractivity (Wildman–Crippen MR) is 94.7 cm³/mol. The Morgan fingerprint density at radius 2 is 2.00 bits per heavy atom. The van der Waals surface area contributed by atoms with Gasteiger partial charge >= 0.3 is 5.97 Å². The lowest BCUT2D eigenvalue weighted by Gasteiger charge is -2.20. The number of fused-ring (bicyclic) bond motifs is 3. The van der Waals surface area contributed by atoms with Crippen molar-refractivity contribution >= 4 is 28.0 Å². The van der Waals surface area contributed by atoms with Crippen molar-refractivity contribution in [1.29, 1.82) is 0 Å². The zero-order chi connectivity index (χ0) is 17.4. The molecule has 0 radical (unpaired) electrons. The molecule has 0 bridgehead atoms. The summed E-state index contributed by atoms with van der Waals surface area (Å²) in [6, 6.07) is 9.42. The van der Waals surface area contributed by atoms with Crippen LogP contribution in [0, 0.1) is 0 Å². The average molecular weight is 342 g/mol. The highest BCUT2D eigenvalue weighted by Gasteiger charge is 2.24. The Morgan fingerprint density at radius 1 is 1.24 bits per heavy atom. The van der Waals surface area contributed by atoms with Gasteiger partial charge < -0.3 is 23.7 Å². The Kier molecular flexibility index (Phi) is 4.23. The van der Waals surface area contributed by atoms with E-state index in [0.717, 1.165) is 29.6 Å². The number of hydrogen-bond donors (Lipinski definition) is 1. The Labute approximate surface area is 145 Å². The van der Waals surface area contributed by atoms with Gasteiger partial charge in [0.2, 0.25) is 0 Å². The molecule has 1 aliphatic heterocycles. The molecule has 0 unspecified atom stereocenters. The smallest absolute Gasteiger partial charge is 0.354 e.